The molecule has 1 N–H and O–H groups in total. The van der Waals surface area contributed by atoms with Crippen LogP contribution in [0, 0.1) is 0 Å². The van der Waals surface area contributed by atoms with Gasteiger partial charge in [0.2, 0.25) is 11.8 Å². The Labute approximate surface area is 156 Å². The zero-order valence-electron chi connectivity index (χ0n) is 14.3. The zero-order valence-corrected chi connectivity index (χ0v) is 15.1. The number of halogens is 1. The third kappa shape index (κ3) is 4.67. The summed E-state index contributed by atoms with van der Waals surface area (Å²) < 4.78 is 11.0. The molecular formula is C19H19ClN2O4. The lowest BCUT2D eigenvalue weighted by atomic mass is 10.2. The van der Waals surface area contributed by atoms with Crippen molar-refractivity contribution in [1.82, 2.24) is 4.90 Å². The molecule has 0 fully saturated rings. The molecule has 1 heterocycles. The Hall–Kier alpha value is -2.73. The summed E-state index contributed by atoms with van der Waals surface area (Å²) in [5.41, 5.74) is 1.49. The van der Waals surface area contributed by atoms with E-state index in [1.165, 1.54) is 11.8 Å². The van der Waals surface area contributed by atoms with Crippen LogP contribution in [-0.2, 0) is 16.1 Å². The SMILES string of the molecule is CC(=O)N(CC(=O)Nc1ccc2c(c1)OCCO2)Cc1ccc(Cl)cc1. The minimum absolute atomic E-state index is 0.0492. The Kier molecular flexibility index (Phi) is 5.63. The minimum Gasteiger partial charge on any atom is -0.486 e. The zero-order chi connectivity index (χ0) is 18.5. The van der Waals surface area contributed by atoms with Crippen LogP contribution in [0.15, 0.2) is 42.5 Å². The smallest absolute Gasteiger partial charge is 0.244 e. The molecule has 26 heavy (non-hydrogen) atoms. The summed E-state index contributed by atoms with van der Waals surface area (Å²) in [7, 11) is 0. The molecule has 136 valence electrons. The van der Waals surface area contributed by atoms with Gasteiger partial charge in [-0.1, -0.05) is 23.7 Å². The van der Waals surface area contributed by atoms with Crippen LogP contribution >= 0.6 is 11.6 Å². The highest BCUT2D eigenvalue weighted by Gasteiger charge is 2.16. The van der Waals surface area contributed by atoms with E-state index in [0.29, 0.717) is 42.0 Å². The number of hydrogen-bond donors (Lipinski definition) is 1. The molecular weight excluding hydrogens is 356 g/mol. The average Bonchev–Trinajstić information content (AvgIpc) is 2.62. The highest BCUT2D eigenvalue weighted by atomic mass is 35.5. The van der Waals surface area contributed by atoms with Gasteiger partial charge < -0.3 is 19.7 Å². The monoisotopic (exact) mass is 374 g/mol. The average molecular weight is 375 g/mol. The predicted octanol–water partition coefficient (Wildman–Crippen LogP) is 3.10. The molecule has 0 radical (unpaired) electrons. The van der Waals surface area contributed by atoms with Gasteiger partial charge in [-0.3, -0.25) is 9.59 Å². The first-order chi connectivity index (χ1) is 12.5. The van der Waals surface area contributed by atoms with E-state index in [9.17, 15) is 9.59 Å². The second kappa shape index (κ2) is 8.10. The minimum atomic E-state index is -0.286. The van der Waals surface area contributed by atoms with Gasteiger partial charge in [-0.05, 0) is 29.8 Å². The van der Waals surface area contributed by atoms with Crippen molar-refractivity contribution in [3.8, 4) is 11.5 Å². The van der Waals surface area contributed by atoms with Gasteiger partial charge >= 0.3 is 0 Å². The summed E-state index contributed by atoms with van der Waals surface area (Å²) in [4.78, 5) is 25.7. The summed E-state index contributed by atoms with van der Waals surface area (Å²) >= 11 is 5.87. The van der Waals surface area contributed by atoms with Gasteiger partial charge in [0.05, 0.1) is 0 Å². The maximum absolute atomic E-state index is 12.3. The Morgan fingerprint density at radius 1 is 1.08 bits per heavy atom. The summed E-state index contributed by atoms with van der Waals surface area (Å²) in [6.07, 6.45) is 0. The van der Waals surface area contributed by atoms with E-state index in [1.54, 1.807) is 30.3 Å². The second-order valence-electron chi connectivity index (χ2n) is 5.91. The molecule has 2 aromatic carbocycles. The number of nitrogens with zero attached hydrogens (tertiary/aromatic N) is 1. The Bertz CT molecular complexity index is 808. The van der Waals surface area contributed by atoms with Crippen molar-refractivity contribution in [3.63, 3.8) is 0 Å². The lowest BCUT2D eigenvalue weighted by Gasteiger charge is -2.21. The number of benzene rings is 2. The van der Waals surface area contributed by atoms with E-state index < -0.39 is 0 Å². The van der Waals surface area contributed by atoms with E-state index in [4.69, 9.17) is 21.1 Å². The normalized spacial score (nSPS) is 12.4. The van der Waals surface area contributed by atoms with Crippen LogP contribution in [0.3, 0.4) is 0 Å². The predicted molar refractivity (Wildman–Crippen MR) is 98.6 cm³/mol. The van der Waals surface area contributed by atoms with Crippen molar-refractivity contribution in [1.29, 1.82) is 0 Å². The molecule has 0 saturated heterocycles. The second-order valence-corrected chi connectivity index (χ2v) is 6.34. The number of amides is 2. The van der Waals surface area contributed by atoms with Crippen molar-refractivity contribution in [2.24, 2.45) is 0 Å². The molecule has 0 aliphatic carbocycles. The third-order valence-corrected chi connectivity index (χ3v) is 4.14. The number of nitrogens with one attached hydrogen (secondary N) is 1. The Balaban J connectivity index is 1.62. The van der Waals surface area contributed by atoms with Crippen molar-refractivity contribution < 1.29 is 19.1 Å². The lowest BCUT2D eigenvalue weighted by Crippen LogP contribution is -2.36. The molecule has 0 unspecified atom stereocenters. The molecule has 2 aromatic rings. The van der Waals surface area contributed by atoms with Crippen molar-refractivity contribution in [2.45, 2.75) is 13.5 Å². The quantitative estimate of drug-likeness (QED) is 0.873. The van der Waals surface area contributed by atoms with Crippen molar-refractivity contribution >= 4 is 29.1 Å². The van der Waals surface area contributed by atoms with Gasteiger partial charge in [-0.15, -0.1) is 0 Å². The first kappa shape index (κ1) is 18.1. The van der Waals surface area contributed by atoms with E-state index in [2.05, 4.69) is 5.32 Å². The number of anilines is 1. The van der Waals surface area contributed by atoms with Gasteiger partial charge in [0.25, 0.3) is 0 Å². The van der Waals surface area contributed by atoms with Crippen LogP contribution in [0.25, 0.3) is 0 Å². The molecule has 3 rings (SSSR count). The van der Waals surface area contributed by atoms with E-state index in [0.717, 1.165) is 5.56 Å². The number of fused-ring (bicyclic) bond motifs is 1. The molecule has 0 saturated carbocycles. The van der Waals surface area contributed by atoms with Crippen LogP contribution in [0.1, 0.15) is 12.5 Å². The molecule has 0 spiro atoms. The lowest BCUT2D eigenvalue weighted by molar-refractivity contribution is -0.133. The summed E-state index contributed by atoms with van der Waals surface area (Å²) in [6, 6.07) is 12.4. The molecule has 2 amide bonds. The standard InChI is InChI=1S/C19H19ClN2O4/c1-13(23)22(11-14-2-4-15(20)5-3-14)12-19(24)21-16-6-7-17-18(10-16)26-9-8-25-17/h2-7,10H,8-9,11-12H2,1H3,(H,21,24). The molecule has 1 aliphatic heterocycles. The fraction of sp³-hybridized carbons (Fsp3) is 0.263. The van der Waals surface area contributed by atoms with Crippen molar-refractivity contribution in [2.75, 3.05) is 25.1 Å². The van der Waals surface area contributed by atoms with E-state index >= 15 is 0 Å². The number of hydrogen-bond acceptors (Lipinski definition) is 4. The first-order valence-electron chi connectivity index (χ1n) is 8.21. The van der Waals surface area contributed by atoms with Gasteiger partial charge in [0.15, 0.2) is 11.5 Å². The van der Waals surface area contributed by atoms with Gasteiger partial charge in [0, 0.05) is 30.2 Å². The van der Waals surface area contributed by atoms with Gasteiger partial charge in [0.1, 0.15) is 19.8 Å². The first-order valence-corrected chi connectivity index (χ1v) is 8.58. The highest BCUT2D eigenvalue weighted by molar-refractivity contribution is 6.30. The summed E-state index contributed by atoms with van der Waals surface area (Å²) in [6.45, 7) is 2.71. The van der Waals surface area contributed by atoms with Crippen molar-refractivity contribution in [3.05, 3.63) is 53.1 Å². The van der Waals surface area contributed by atoms with Gasteiger partial charge in [-0.25, -0.2) is 0 Å². The van der Waals surface area contributed by atoms with Crippen LogP contribution in [0.2, 0.25) is 5.02 Å². The summed E-state index contributed by atoms with van der Waals surface area (Å²) in [5, 5.41) is 3.41. The van der Waals surface area contributed by atoms with Gasteiger partial charge in [-0.2, -0.15) is 0 Å². The van der Waals surface area contributed by atoms with Crippen LogP contribution in [0.4, 0.5) is 5.69 Å². The highest BCUT2D eigenvalue weighted by Crippen LogP contribution is 2.32. The topological polar surface area (TPSA) is 67.9 Å². The van der Waals surface area contributed by atoms with E-state index in [1.807, 2.05) is 12.1 Å². The molecule has 7 heteroatoms. The molecule has 0 aromatic heterocycles. The molecule has 1 aliphatic rings. The fourth-order valence-corrected chi connectivity index (χ4v) is 2.71. The maximum atomic E-state index is 12.3. The number of carbonyl (C=O) groups excluding carboxylic acids is 2. The third-order valence-electron chi connectivity index (χ3n) is 3.89. The van der Waals surface area contributed by atoms with Crippen LogP contribution in [0.5, 0.6) is 11.5 Å². The maximum Gasteiger partial charge on any atom is 0.244 e. The molecule has 0 bridgehead atoms. The Morgan fingerprint density at radius 3 is 2.46 bits per heavy atom. The summed E-state index contributed by atoms with van der Waals surface area (Å²) in [5.74, 6) is 0.782. The fourth-order valence-electron chi connectivity index (χ4n) is 2.58. The molecule has 6 nitrogen and oxygen atoms in total. The number of carbonyl (C=O) groups is 2. The number of rotatable bonds is 5. The largest absolute Gasteiger partial charge is 0.486 e. The van der Waals surface area contributed by atoms with E-state index in [-0.39, 0.29) is 18.4 Å². The van der Waals surface area contributed by atoms with Crippen LogP contribution < -0.4 is 14.8 Å². The van der Waals surface area contributed by atoms with Crippen LogP contribution in [-0.4, -0.2) is 36.5 Å². The molecule has 0 atom stereocenters. The Morgan fingerprint density at radius 2 is 1.77 bits per heavy atom. The number of ether oxygens (including phenoxy) is 2.